The molecule has 2 fully saturated rings. The van der Waals surface area contributed by atoms with Crippen LogP contribution in [-0.4, -0.2) is 11.8 Å². The molecular weight excluding hydrogens is 346 g/mol. The van der Waals surface area contributed by atoms with Gasteiger partial charge in [0.1, 0.15) is 0 Å². The number of hydrogen-bond acceptors (Lipinski definition) is 2. The summed E-state index contributed by atoms with van der Waals surface area (Å²) in [6, 6.07) is 17.8. The van der Waals surface area contributed by atoms with Crippen LogP contribution in [-0.2, 0) is 20.4 Å². The fraction of sp³-hybridized carbons (Fsp3) is 0.360. The molecule has 0 N–H and O–H groups in total. The second-order valence-corrected chi connectivity index (χ2v) is 9.35. The lowest BCUT2D eigenvalue weighted by Crippen LogP contribution is -2.44. The minimum absolute atomic E-state index is 0.0394. The monoisotopic (exact) mass is 371 g/mol. The molecule has 2 amide bonds. The molecule has 142 valence electrons. The van der Waals surface area contributed by atoms with Crippen LogP contribution in [0.1, 0.15) is 38.3 Å². The van der Waals surface area contributed by atoms with E-state index >= 15 is 0 Å². The maximum atomic E-state index is 14.1. The lowest BCUT2D eigenvalue weighted by molar-refractivity contribution is -0.123. The van der Waals surface area contributed by atoms with Gasteiger partial charge in [-0.1, -0.05) is 81.5 Å². The first-order valence-corrected chi connectivity index (χ1v) is 10.1. The molecule has 28 heavy (non-hydrogen) atoms. The van der Waals surface area contributed by atoms with Gasteiger partial charge in [-0.3, -0.25) is 9.59 Å². The second kappa shape index (κ2) is 5.66. The Morgan fingerprint density at radius 2 is 1.61 bits per heavy atom. The summed E-state index contributed by atoms with van der Waals surface area (Å²) in [5.74, 6) is -0.156. The zero-order valence-corrected chi connectivity index (χ0v) is 16.6. The van der Waals surface area contributed by atoms with Gasteiger partial charge in [0.25, 0.3) is 0 Å². The number of fused-ring (bicyclic) bond motifs is 5. The fourth-order valence-corrected chi connectivity index (χ4v) is 5.74. The number of hydrogen-bond donors (Lipinski definition) is 0. The number of allylic oxidation sites excluding steroid dienone is 2. The predicted octanol–water partition coefficient (Wildman–Crippen LogP) is 4.62. The summed E-state index contributed by atoms with van der Waals surface area (Å²) in [5, 5.41) is 0. The van der Waals surface area contributed by atoms with Crippen molar-refractivity contribution in [3.8, 4) is 0 Å². The Bertz CT molecular complexity index is 1000. The molecule has 2 aromatic carbocycles. The summed E-state index contributed by atoms with van der Waals surface area (Å²) in [6.45, 7) is 6.36. The van der Waals surface area contributed by atoms with E-state index in [1.54, 1.807) is 0 Å². The normalized spacial score (nSPS) is 31.0. The molecule has 2 bridgehead atoms. The van der Waals surface area contributed by atoms with Crippen molar-refractivity contribution in [1.29, 1.82) is 0 Å². The van der Waals surface area contributed by atoms with Gasteiger partial charge in [0.2, 0.25) is 11.8 Å². The van der Waals surface area contributed by atoms with E-state index in [4.69, 9.17) is 0 Å². The highest BCUT2D eigenvalue weighted by molar-refractivity contribution is 6.27. The standard InChI is InChI=1S/C25H25NO2/c1-24(2,3)19-11-7-8-12-20(19)26-22(27)21-16-13-14-18(15-16)25(21,23(26)28)17-9-5-4-6-10-17/h4-14,16,18,21H,15H2,1-3H3/t16-,18+,21+,25+/m1/s1. The van der Waals surface area contributed by atoms with Gasteiger partial charge in [-0.25, -0.2) is 4.90 Å². The molecule has 1 saturated heterocycles. The van der Waals surface area contributed by atoms with Gasteiger partial charge in [0, 0.05) is 0 Å². The van der Waals surface area contributed by atoms with Crippen LogP contribution in [0.5, 0.6) is 0 Å². The van der Waals surface area contributed by atoms with Crippen molar-refractivity contribution < 1.29 is 9.59 Å². The third-order valence-electron chi connectivity index (χ3n) is 6.87. The van der Waals surface area contributed by atoms with E-state index in [0.717, 1.165) is 23.2 Å². The third-order valence-corrected chi connectivity index (χ3v) is 6.87. The Morgan fingerprint density at radius 3 is 2.32 bits per heavy atom. The number of para-hydroxylation sites is 1. The summed E-state index contributed by atoms with van der Waals surface area (Å²) in [7, 11) is 0. The fourth-order valence-electron chi connectivity index (χ4n) is 5.74. The van der Waals surface area contributed by atoms with Crippen molar-refractivity contribution in [2.45, 2.75) is 38.0 Å². The van der Waals surface area contributed by atoms with E-state index in [0.29, 0.717) is 0 Å². The number of amides is 2. The third kappa shape index (κ3) is 2.05. The molecule has 1 heterocycles. The van der Waals surface area contributed by atoms with E-state index < -0.39 is 5.41 Å². The molecule has 3 nitrogen and oxygen atoms in total. The molecule has 4 atom stereocenters. The van der Waals surface area contributed by atoms with Crippen LogP contribution in [0.25, 0.3) is 0 Å². The zero-order chi connectivity index (χ0) is 19.7. The maximum Gasteiger partial charge on any atom is 0.245 e. The van der Waals surface area contributed by atoms with Crippen molar-refractivity contribution >= 4 is 17.5 Å². The van der Waals surface area contributed by atoms with Crippen LogP contribution >= 0.6 is 0 Å². The number of carbonyl (C=O) groups excluding carboxylic acids is 2. The molecule has 3 heteroatoms. The second-order valence-electron chi connectivity index (χ2n) is 9.35. The smallest absolute Gasteiger partial charge is 0.245 e. The van der Waals surface area contributed by atoms with E-state index in [9.17, 15) is 9.59 Å². The Hall–Kier alpha value is -2.68. The van der Waals surface area contributed by atoms with Gasteiger partial charge in [0.05, 0.1) is 17.0 Å². The lowest BCUT2D eigenvalue weighted by Gasteiger charge is -2.34. The molecule has 5 rings (SSSR count). The molecule has 1 saturated carbocycles. The molecule has 0 radical (unpaired) electrons. The first-order chi connectivity index (χ1) is 13.4. The van der Waals surface area contributed by atoms with Crippen LogP contribution < -0.4 is 4.90 Å². The minimum Gasteiger partial charge on any atom is -0.274 e. The topological polar surface area (TPSA) is 37.4 Å². The average molecular weight is 371 g/mol. The maximum absolute atomic E-state index is 14.1. The Balaban J connectivity index is 1.72. The number of anilines is 1. The van der Waals surface area contributed by atoms with E-state index in [1.165, 1.54) is 4.90 Å². The Morgan fingerprint density at radius 1 is 0.929 bits per heavy atom. The number of carbonyl (C=O) groups is 2. The molecular formula is C25H25NO2. The van der Waals surface area contributed by atoms with E-state index in [2.05, 4.69) is 32.9 Å². The van der Waals surface area contributed by atoms with Crippen LogP contribution in [0.15, 0.2) is 66.7 Å². The van der Waals surface area contributed by atoms with E-state index in [-0.39, 0.29) is 35.0 Å². The molecule has 2 aromatic rings. The zero-order valence-electron chi connectivity index (χ0n) is 16.6. The van der Waals surface area contributed by atoms with Crippen molar-refractivity contribution in [3.63, 3.8) is 0 Å². The van der Waals surface area contributed by atoms with Gasteiger partial charge in [0.15, 0.2) is 0 Å². The minimum atomic E-state index is -0.761. The highest BCUT2D eigenvalue weighted by atomic mass is 16.2. The van der Waals surface area contributed by atoms with Crippen LogP contribution in [0.3, 0.4) is 0 Å². The SMILES string of the molecule is CC(C)(C)c1ccccc1N1C(=O)[C@@H]2[C@@H]3C=C[C@@H](C3)[C@]2(c2ccccc2)C1=O. The summed E-state index contributed by atoms with van der Waals surface area (Å²) in [6.07, 6.45) is 5.21. The first-order valence-electron chi connectivity index (χ1n) is 10.1. The summed E-state index contributed by atoms with van der Waals surface area (Å²) < 4.78 is 0. The van der Waals surface area contributed by atoms with Crippen LogP contribution in [0.4, 0.5) is 5.69 Å². The number of imide groups is 1. The van der Waals surface area contributed by atoms with Crippen LogP contribution in [0, 0.1) is 17.8 Å². The van der Waals surface area contributed by atoms with Crippen LogP contribution in [0.2, 0.25) is 0 Å². The van der Waals surface area contributed by atoms with Gasteiger partial charge in [-0.2, -0.15) is 0 Å². The molecule has 0 aromatic heterocycles. The Kier molecular flexibility index (Phi) is 3.52. The number of benzene rings is 2. The summed E-state index contributed by atoms with van der Waals surface area (Å²) >= 11 is 0. The quantitative estimate of drug-likeness (QED) is 0.571. The summed E-state index contributed by atoms with van der Waals surface area (Å²) in [5.41, 5.74) is 1.83. The lowest BCUT2D eigenvalue weighted by atomic mass is 9.65. The molecule has 3 aliphatic rings. The van der Waals surface area contributed by atoms with Crippen molar-refractivity contribution in [2.75, 3.05) is 4.90 Å². The van der Waals surface area contributed by atoms with Crippen molar-refractivity contribution in [2.24, 2.45) is 17.8 Å². The van der Waals surface area contributed by atoms with Gasteiger partial charge < -0.3 is 0 Å². The predicted molar refractivity (Wildman–Crippen MR) is 110 cm³/mol. The van der Waals surface area contributed by atoms with Crippen molar-refractivity contribution in [1.82, 2.24) is 0 Å². The highest BCUT2D eigenvalue weighted by Crippen LogP contribution is 2.62. The van der Waals surface area contributed by atoms with Gasteiger partial charge in [-0.05, 0) is 40.9 Å². The first kappa shape index (κ1) is 17.4. The molecule has 1 aliphatic heterocycles. The summed E-state index contributed by atoms with van der Waals surface area (Å²) in [4.78, 5) is 29.3. The number of rotatable bonds is 2. The van der Waals surface area contributed by atoms with Gasteiger partial charge in [-0.15, -0.1) is 0 Å². The van der Waals surface area contributed by atoms with Crippen molar-refractivity contribution in [3.05, 3.63) is 77.9 Å². The molecule has 2 aliphatic carbocycles. The number of nitrogens with zero attached hydrogens (tertiary/aromatic N) is 1. The highest BCUT2D eigenvalue weighted by Gasteiger charge is 2.70. The molecule has 0 unspecified atom stereocenters. The largest absolute Gasteiger partial charge is 0.274 e. The van der Waals surface area contributed by atoms with Gasteiger partial charge >= 0.3 is 0 Å². The Labute approximate surface area is 166 Å². The molecule has 0 spiro atoms. The average Bonchev–Trinajstić information content (AvgIpc) is 3.34. The van der Waals surface area contributed by atoms with E-state index in [1.807, 2.05) is 54.6 Å².